The van der Waals surface area contributed by atoms with Crippen molar-refractivity contribution in [1.82, 2.24) is 25.4 Å². The number of halogens is 1. The molecule has 0 spiro atoms. The monoisotopic (exact) mass is 472 g/mol. The number of nitrogens with one attached hydrogen (secondary N) is 2. The predicted molar refractivity (Wildman–Crippen MR) is 115 cm³/mol. The molecule has 0 amide bonds. The molecule has 0 atom stereocenters. The second kappa shape index (κ2) is 12.5. The van der Waals surface area contributed by atoms with Gasteiger partial charge >= 0.3 is 0 Å². The van der Waals surface area contributed by atoms with Crippen molar-refractivity contribution in [3.8, 4) is 5.75 Å². The summed E-state index contributed by atoms with van der Waals surface area (Å²) in [6.07, 6.45) is 2.63. The minimum Gasteiger partial charge on any atom is -0.492 e. The van der Waals surface area contributed by atoms with E-state index in [0.29, 0.717) is 19.7 Å². The molecular formula is C18H29IN6O. The lowest BCUT2D eigenvalue weighted by molar-refractivity contribution is 0.321. The molecule has 0 aliphatic heterocycles. The Morgan fingerprint density at radius 1 is 1.27 bits per heavy atom. The van der Waals surface area contributed by atoms with Crippen LogP contribution in [0.3, 0.4) is 0 Å². The zero-order chi connectivity index (χ0) is 17.9. The maximum absolute atomic E-state index is 5.74. The lowest BCUT2D eigenvalue weighted by atomic mass is 10.2. The number of benzene rings is 1. The largest absolute Gasteiger partial charge is 0.492 e. The fourth-order valence-electron chi connectivity index (χ4n) is 2.39. The topological polar surface area (TPSA) is 76.4 Å². The fourth-order valence-corrected chi connectivity index (χ4v) is 2.39. The van der Waals surface area contributed by atoms with Crippen LogP contribution in [0.5, 0.6) is 5.75 Å². The number of ether oxygens (including phenoxy) is 1. The van der Waals surface area contributed by atoms with Crippen LogP contribution >= 0.6 is 24.0 Å². The Labute approximate surface area is 172 Å². The van der Waals surface area contributed by atoms with Gasteiger partial charge in [0.15, 0.2) is 5.96 Å². The molecule has 0 saturated heterocycles. The van der Waals surface area contributed by atoms with Gasteiger partial charge in [-0.1, -0.05) is 19.1 Å². The van der Waals surface area contributed by atoms with Gasteiger partial charge in [-0.05, 0) is 31.5 Å². The second-order valence-electron chi connectivity index (χ2n) is 5.65. The van der Waals surface area contributed by atoms with Gasteiger partial charge < -0.3 is 19.9 Å². The van der Waals surface area contributed by atoms with E-state index in [2.05, 4.69) is 52.7 Å². The van der Waals surface area contributed by atoms with Gasteiger partial charge in [0.05, 0.1) is 13.1 Å². The molecule has 2 rings (SSSR count). The number of nitrogens with zero attached hydrogens (tertiary/aromatic N) is 4. The molecule has 26 heavy (non-hydrogen) atoms. The van der Waals surface area contributed by atoms with Crippen molar-refractivity contribution in [2.75, 3.05) is 26.2 Å². The Balaban J connectivity index is 0.00000338. The van der Waals surface area contributed by atoms with Crippen LogP contribution in [0.15, 0.2) is 35.6 Å². The summed E-state index contributed by atoms with van der Waals surface area (Å²) in [6, 6.07) is 8.06. The summed E-state index contributed by atoms with van der Waals surface area (Å²) in [5.41, 5.74) is 1.20. The number of aliphatic imine (C=N–C) groups is 1. The quantitative estimate of drug-likeness (QED) is 0.254. The van der Waals surface area contributed by atoms with Crippen molar-refractivity contribution in [2.45, 2.75) is 33.7 Å². The first-order valence-corrected chi connectivity index (χ1v) is 8.81. The van der Waals surface area contributed by atoms with Crippen molar-refractivity contribution >= 4 is 29.9 Å². The van der Waals surface area contributed by atoms with E-state index in [9.17, 15) is 0 Å². The van der Waals surface area contributed by atoms with Crippen LogP contribution in [-0.2, 0) is 13.0 Å². The standard InChI is InChI=1S/C18H28N6O.HI/c1-4-17-23-22-14-24(17)11-9-20-18(19-5-2)21-10-12-25-16-8-6-7-15(3)13-16;/h6-8,13-14H,4-5,9-12H2,1-3H3,(H2,19,20,21);1H. The molecule has 2 N–H and O–H groups in total. The number of hydrogen-bond donors (Lipinski definition) is 2. The van der Waals surface area contributed by atoms with Crippen molar-refractivity contribution < 1.29 is 4.74 Å². The normalized spacial score (nSPS) is 11.0. The van der Waals surface area contributed by atoms with Gasteiger partial charge in [0.1, 0.15) is 24.5 Å². The molecule has 0 aliphatic carbocycles. The molecule has 0 bridgehead atoms. The second-order valence-corrected chi connectivity index (χ2v) is 5.65. The molecule has 1 aromatic carbocycles. The summed E-state index contributed by atoms with van der Waals surface area (Å²) in [5.74, 6) is 2.67. The minimum absolute atomic E-state index is 0. The van der Waals surface area contributed by atoms with E-state index in [0.717, 1.165) is 37.0 Å². The van der Waals surface area contributed by atoms with Crippen molar-refractivity contribution in [1.29, 1.82) is 0 Å². The summed E-state index contributed by atoms with van der Waals surface area (Å²) in [6.45, 7) is 9.70. The molecule has 8 heteroatoms. The molecule has 0 radical (unpaired) electrons. The molecular weight excluding hydrogens is 443 g/mol. The molecule has 0 unspecified atom stereocenters. The molecule has 1 aromatic heterocycles. The summed E-state index contributed by atoms with van der Waals surface area (Å²) < 4.78 is 7.78. The average molecular weight is 472 g/mol. The Morgan fingerprint density at radius 3 is 2.85 bits per heavy atom. The van der Waals surface area contributed by atoms with Crippen molar-refractivity contribution in [3.63, 3.8) is 0 Å². The summed E-state index contributed by atoms with van der Waals surface area (Å²) in [7, 11) is 0. The van der Waals surface area contributed by atoms with Crippen LogP contribution in [0.4, 0.5) is 0 Å². The van der Waals surface area contributed by atoms with E-state index in [-0.39, 0.29) is 24.0 Å². The third kappa shape index (κ3) is 7.59. The zero-order valence-corrected chi connectivity index (χ0v) is 18.1. The third-order valence-electron chi connectivity index (χ3n) is 3.62. The molecule has 144 valence electrons. The van der Waals surface area contributed by atoms with E-state index in [1.165, 1.54) is 5.56 Å². The van der Waals surface area contributed by atoms with Crippen LogP contribution in [0, 0.1) is 6.92 Å². The number of aromatic nitrogens is 3. The number of guanidine groups is 1. The number of aryl methyl sites for hydroxylation is 2. The molecule has 1 heterocycles. The van der Waals surface area contributed by atoms with Crippen molar-refractivity contribution in [3.05, 3.63) is 42.0 Å². The highest BCUT2D eigenvalue weighted by molar-refractivity contribution is 14.0. The van der Waals surface area contributed by atoms with Gasteiger partial charge in [0.2, 0.25) is 0 Å². The summed E-state index contributed by atoms with van der Waals surface area (Å²) in [4.78, 5) is 4.58. The molecule has 0 fully saturated rings. The highest BCUT2D eigenvalue weighted by Gasteiger charge is 2.01. The Morgan fingerprint density at radius 2 is 2.12 bits per heavy atom. The first kappa shape index (κ1) is 22.2. The van der Waals surface area contributed by atoms with Gasteiger partial charge in [0.25, 0.3) is 0 Å². The SMILES string of the molecule is CCNC(=NCCn1cnnc1CC)NCCOc1cccc(C)c1.I. The van der Waals surface area contributed by atoms with Gasteiger partial charge in [0, 0.05) is 19.5 Å². The summed E-state index contributed by atoms with van der Waals surface area (Å²) in [5, 5.41) is 14.6. The Kier molecular flexibility index (Phi) is 10.7. The van der Waals surface area contributed by atoms with Gasteiger partial charge in [-0.2, -0.15) is 0 Å². The molecule has 2 aromatic rings. The van der Waals surface area contributed by atoms with Gasteiger partial charge in [-0.25, -0.2) is 0 Å². The average Bonchev–Trinajstić information content (AvgIpc) is 3.06. The van der Waals surface area contributed by atoms with E-state index in [1.807, 2.05) is 22.8 Å². The first-order valence-electron chi connectivity index (χ1n) is 8.81. The van der Waals surface area contributed by atoms with Gasteiger partial charge in [-0.15, -0.1) is 34.2 Å². The number of hydrogen-bond acceptors (Lipinski definition) is 4. The van der Waals surface area contributed by atoms with Crippen molar-refractivity contribution in [2.24, 2.45) is 4.99 Å². The third-order valence-corrected chi connectivity index (χ3v) is 3.62. The zero-order valence-electron chi connectivity index (χ0n) is 15.7. The van der Waals surface area contributed by atoms with E-state index in [1.54, 1.807) is 6.33 Å². The maximum Gasteiger partial charge on any atom is 0.191 e. The Bertz CT molecular complexity index is 673. The number of rotatable bonds is 9. The minimum atomic E-state index is 0. The van der Waals surface area contributed by atoms with Crippen LogP contribution < -0.4 is 15.4 Å². The summed E-state index contributed by atoms with van der Waals surface area (Å²) >= 11 is 0. The van der Waals surface area contributed by atoms with E-state index < -0.39 is 0 Å². The highest BCUT2D eigenvalue weighted by Crippen LogP contribution is 2.11. The van der Waals surface area contributed by atoms with Crippen LogP contribution in [0.25, 0.3) is 0 Å². The fraction of sp³-hybridized carbons (Fsp3) is 0.500. The van der Waals surface area contributed by atoms with E-state index in [4.69, 9.17) is 4.74 Å². The lowest BCUT2D eigenvalue weighted by Crippen LogP contribution is -2.39. The highest BCUT2D eigenvalue weighted by atomic mass is 127. The Hall–Kier alpha value is -1.84. The lowest BCUT2D eigenvalue weighted by Gasteiger charge is -2.12. The molecule has 7 nitrogen and oxygen atoms in total. The molecule has 0 saturated carbocycles. The predicted octanol–water partition coefficient (Wildman–Crippen LogP) is 2.40. The van der Waals surface area contributed by atoms with Crippen LogP contribution in [-0.4, -0.2) is 47.0 Å². The van der Waals surface area contributed by atoms with Crippen LogP contribution in [0.1, 0.15) is 25.2 Å². The molecule has 0 aliphatic rings. The van der Waals surface area contributed by atoms with E-state index >= 15 is 0 Å². The first-order chi connectivity index (χ1) is 12.2. The smallest absolute Gasteiger partial charge is 0.191 e. The maximum atomic E-state index is 5.74. The van der Waals surface area contributed by atoms with Gasteiger partial charge in [-0.3, -0.25) is 4.99 Å². The van der Waals surface area contributed by atoms with Crippen LogP contribution in [0.2, 0.25) is 0 Å².